The molecule has 2 atom stereocenters. The fraction of sp³-hybridized carbons (Fsp3) is 0.357. The molecule has 196 valence electrons. The van der Waals surface area contributed by atoms with E-state index in [9.17, 15) is 14.0 Å². The van der Waals surface area contributed by atoms with Crippen LogP contribution in [0.25, 0.3) is 0 Å². The Kier molecular flexibility index (Phi) is 9.05. The molecule has 0 radical (unpaired) electrons. The zero-order chi connectivity index (χ0) is 26.4. The zero-order valence-corrected chi connectivity index (χ0v) is 22.5. The van der Waals surface area contributed by atoms with Crippen LogP contribution in [0.15, 0.2) is 60.0 Å². The van der Waals surface area contributed by atoms with Crippen LogP contribution in [0.2, 0.25) is 5.02 Å². The van der Waals surface area contributed by atoms with Gasteiger partial charge in [-0.2, -0.15) is 0 Å². The molecule has 2 aromatic carbocycles. The molecule has 1 aliphatic heterocycles. The van der Waals surface area contributed by atoms with Gasteiger partial charge in [-0.1, -0.05) is 50.1 Å². The summed E-state index contributed by atoms with van der Waals surface area (Å²) in [6.07, 6.45) is 1.60. The number of hydrogen-bond acceptors (Lipinski definition) is 4. The summed E-state index contributed by atoms with van der Waals surface area (Å²) in [5.74, 6) is -0.262. The number of amides is 3. The summed E-state index contributed by atoms with van der Waals surface area (Å²) in [4.78, 5) is 31.4. The minimum atomic E-state index is -0.445. The molecule has 1 aromatic heterocycles. The first kappa shape index (κ1) is 26.9. The van der Waals surface area contributed by atoms with Gasteiger partial charge in [-0.15, -0.1) is 11.3 Å². The van der Waals surface area contributed by atoms with Gasteiger partial charge in [0.25, 0.3) is 0 Å². The van der Waals surface area contributed by atoms with Crippen molar-refractivity contribution in [1.82, 2.24) is 9.80 Å². The Bertz CT molecular complexity index is 1240. The summed E-state index contributed by atoms with van der Waals surface area (Å²) in [7, 11) is 0. The molecular formula is C28H31ClFN3O3S. The van der Waals surface area contributed by atoms with Gasteiger partial charge in [-0.25, -0.2) is 9.18 Å². The van der Waals surface area contributed by atoms with Crippen LogP contribution in [0.4, 0.5) is 14.9 Å². The monoisotopic (exact) mass is 543 g/mol. The van der Waals surface area contributed by atoms with E-state index < -0.39 is 5.82 Å². The third-order valence-electron chi connectivity index (χ3n) is 6.57. The molecule has 0 saturated heterocycles. The van der Waals surface area contributed by atoms with Crippen LogP contribution in [0.1, 0.15) is 36.8 Å². The number of fused-ring (bicyclic) bond motifs is 1. The maximum absolute atomic E-state index is 14.2. The topological polar surface area (TPSA) is 61.9 Å². The molecular weight excluding hydrogens is 513 g/mol. The zero-order valence-electron chi connectivity index (χ0n) is 21.0. The van der Waals surface area contributed by atoms with E-state index in [2.05, 4.69) is 12.2 Å². The fourth-order valence-corrected chi connectivity index (χ4v) is 5.47. The maximum atomic E-state index is 14.2. The van der Waals surface area contributed by atoms with E-state index in [0.29, 0.717) is 23.8 Å². The Labute approximate surface area is 226 Å². The number of urea groups is 1. The van der Waals surface area contributed by atoms with Gasteiger partial charge in [-0.3, -0.25) is 4.79 Å². The minimum absolute atomic E-state index is 0.0770. The Hall–Kier alpha value is -3.10. The molecule has 1 N–H and O–H groups in total. The SMILES string of the molecule is CC[C@@H](C)CN(CC(=O)N1CCc2sccc2[C@@H]1COc1ccccc1F)C(=O)Nc1cccc(Cl)c1. The van der Waals surface area contributed by atoms with E-state index in [1.54, 1.807) is 63.6 Å². The number of nitrogens with zero attached hydrogens (tertiary/aromatic N) is 2. The second-order valence-corrected chi connectivity index (χ2v) is 10.7. The van der Waals surface area contributed by atoms with Crippen molar-refractivity contribution in [2.75, 3.05) is 31.6 Å². The van der Waals surface area contributed by atoms with Gasteiger partial charge in [-0.05, 0) is 59.7 Å². The van der Waals surface area contributed by atoms with Crippen molar-refractivity contribution in [3.63, 3.8) is 0 Å². The predicted octanol–water partition coefficient (Wildman–Crippen LogP) is 6.63. The molecule has 0 unspecified atom stereocenters. The third kappa shape index (κ3) is 6.81. The Balaban J connectivity index is 1.51. The summed E-state index contributed by atoms with van der Waals surface area (Å²) in [5, 5.41) is 5.38. The standard InChI is InChI=1S/C28H31ClFN3O3S/c1-3-19(2)16-32(28(35)31-21-8-6-7-20(29)15-21)17-27(34)33-13-11-26-22(12-14-37-26)24(33)18-36-25-10-5-4-9-23(25)30/h4-10,12,14-15,19,24H,3,11,13,16-18H2,1-2H3,(H,31,35)/t19-,24+/m1/s1. The molecule has 1 aliphatic rings. The maximum Gasteiger partial charge on any atom is 0.322 e. The van der Waals surface area contributed by atoms with Crippen molar-refractivity contribution in [3.05, 3.63) is 81.3 Å². The molecule has 9 heteroatoms. The van der Waals surface area contributed by atoms with Crippen LogP contribution in [0, 0.1) is 11.7 Å². The van der Waals surface area contributed by atoms with Crippen molar-refractivity contribution in [2.45, 2.75) is 32.7 Å². The molecule has 0 spiro atoms. The summed E-state index contributed by atoms with van der Waals surface area (Å²) >= 11 is 7.72. The molecule has 0 saturated carbocycles. The van der Waals surface area contributed by atoms with Gasteiger partial charge in [0.2, 0.25) is 5.91 Å². The minimum Gasteiger partial charge on any atom is -0.488 e. The molecule has 0 fully saturated rings. The molecule has 3 amide bonds. The average molecular weight is 544 g/mol. The number of nitrogens with one attached hydrogen (secondary N) is 1. The predicted molar refractivity (Wildman–Crippen MR) is 146 cm³/mol. The van der Waals surface area contributed by atoms with Crippen LogP contribution in [-0.4, -0.2) is 48.0 Å². The van der Waals surface area contributed by atoms with Gasteiger partial charge in [0.1, 0.15) is 13.2 Å². The number of carbonyl (C=O) groups excluding carboxylic acids is 2. The highest BCUT2D eigenvalue weighted by Gasteiger charge is 2.34. The summed E-state index contributed by atoms with van der Waals surface area (Å²) < 4.78 is 20.0. The first-order valence-electron chi connectivity index (χ1n) is 12.4. The number of hydrogen-bond donors (Lipinski definition) is 1. The number of para-hydroxylation sites is 1. The van der Waals surface area contributed by atoms with Crippen molar-refractivity contribution in [2.24, 2.45) is 5.92 Å². The average Bonchev–Trinajstić information content (AvgIpc) is 3.36. The van der Waals surface area contributed by atoms with Gasteiger partial charge in [0, 0.05) is 28.7 Å². The largest absolute Gasteiger partial charge is 0.488 e. The highest BCUT2D eigenvalue weighted by Crippen LogP contribution is 2.34. The van der Waals surface area contributed by atoms with Gasteiger partial charge in [0.05, 0.1) is 6.04 Å². The summed E-state index contributed by atoms with van der Waals surface area (Å²) in [6, 6.07) is 14.4. The van der Waals surface area contributed by atoms with Crippen molar-refractivity contribution in [1.29, 1.82) is 0 Å². The third-order valence-corrected chi connectivity index (χ3v) is 7.80. The Morgan fingerprint density at radius 1 is 1.24 bits per heavy atom. The second-order valence-electron chi connectivity index (χ2n) is 9.23. The summed E-state index contributed by atoms with van der Waals surface area (Å²) in [6.45, 7) is 5.09. The lowest BCUT2D eigenvalue weighted by atomic mass is 10.00. The molecule has 0 bridgehead atoms. The highest BCUT2D eigenvalue weighted by molar-refractivity contribution is 7.10. The van der Waals surface area contributed by atoms with E-state index in [4.69, 9.17) is 16.3 Å². The molecule has 4 rings (SSSR count). The normalized spacial score (nSPS) is 15.6. The number of thiophene rings is 1. The van der Waals surface area contributed by atoms with Gasteiger partial charge >= 0.3 is 6.03 Å². The van der Waals surface area contributed by atoms with Crippen molar-refractivity contribution < 1.29 is 18.7 Å². The van der Waals surface area contributed by atoms with Crippen molar-refractivity contribution in [3.8, 4) is 5.75 Å². The van der Waals surface area contributed by atoms with Crippen LogP contribution in [0.5, 0.6) is 5.75 Å². The lowest BCUT2D eigenvalue weighted by Crippen LogP contribution is -2.49. The number of anilines is 1. The molecule has 3 aromatic rings. The van der Waals surface area contributed by atoms with Crippen LogP contribution in [-0.2, 0) is 11.2 Å². The quantitative estimate of drug-likeness (QED) is 0.329. The first-order valence-corrected chi connectivity index (χ1v) is 13.7. The Morgan fingerprint density at radius 2 is 2.05 bits per heavy atom. The smallest absolute Gasteiger partial charge is 0.322 e. The molecule has 6 nitrogen and oxygen atoms in total. The number of benzene rings is 2. The van der Waals surface area contributed by atoms with Crippen LogP contribution in [0.3, 0.4) is 0 Å². The number of rotatable bonds is 9. The van der Waals surface area contributed by atoms with E-state index in [0.717, 1.165) is 18.4 Å². The van der Waals surface area contributed by atoms with Gasteiger partial charge < -0.3 is 19.9 Å². The second kappa shape index (κ2) is 12.4. The lowest BCUT2D eigenvalue weighted by molar-refractivity contribution is -0.135. The fourth-order valence-electron chi connectivity index (χ4n) is 4.35. The number of ether oxygens (including phenoxy) is 1. The molecule has 2 heterocycles. The van der Waals surface area contributed by atoms with E-state index in [-0.39, 0.29) is 42.8 Å². The number of carbonyl (C=O) groups is 2. The Morgan fingerprint density at radius 3 is 2.81 bits per heavy atom. The van der Waals surface area contributed by atoms with E-state index in [1.165, 1.54) is 10.9 Å². The lowest BCUT2D eigenvalue weighted by Gasteiger charge is -2.37. The highest BCUT2D eigenvalue weighted by atomic mass is 35.5. The van der Waals surface area contributed by atoms with Crippen LogP contribution >= 0.6 is 22.9 Å². The van der Waals surface area contributed by atoms with Gasteiger partial charge in [0.15, 0.2) is 11.6 Å². The first-order chi connectivity index (χ1) is 17.9. The summed E-state index contributed by atoms with van der Waals surface area (Å²) in [5.41, 5.74) is 1.58. The van der Waals surface area contributed by atoms with Crippen molar-refractivity contribution >= 4 is 40.6 Å². The molecule has 0 aliphatic carbocycles. The van der Waals surface area contributed by atoms with E-state index in [1.807, 2.05) is 18.4 Å². The van der Waals surface area contributed by atoms with E-state index >= 15 is 0 Å². The van der Waals surface area contributed by atoms with Crippen LogP contribution < -0.4 is 10.1 Å². The molecule has 37 heavy (non-hydrogen) atoms. The number of halogens is 2.